The van der Waals surface area contributed by atoms with E-state index < -0.39 is 0 Å². The minimum atomic E-state index is 0.257. The SMILES string of the molecule is CC(=O)CCCc1ccc(NC(=S)N(C)C)cc1C.CCC#N. The average Bonchev–Trinajstić information content (AvgIpc) is 2.49. The summed E-state index contributed by atoms with van der Waals surface area (Å²) in [4.78, 5) is 12.8. The number of Topliss-reactive ketones (excluding diaryl/α,β-unsaturated/α-hetero) is 1. The molecule has 0 unspecified atom stereocenters. The van der Waals surface area contributed by atoms with E-state index in [1.54, 1.807) is 6.92 Å². The number of ketones is 1. The topological polar surface area (TPSA) is 56.1 Å². The molecule has 0 heterocycles. The lowest BCUT2D eigenvalue weighted by atomic mass is 10.0. The van der Waals surface area contributed by atoms with Crippen LogP contribution in [0.5, 0.6) is 0 Å². The molecule has 0 aromatic heterocycles. The second kappa shape index (κ2) is 11.6. The van der Waals surface area contributed by atoms with Crippen molar-refractivity contribution in [2.75, 3.05) is 19.4 Å². The van der Waals surface area contributed by atoms with E-state index in [0.717, 1.165) is 18.5 Å². The molecule has 0 aliphatic rings. The molecular formula is C18H27N3OS. The number of hydrogen-bond donors (Lipinski definition) is 1. The van der Waals surface area contributed by atoms with Crippen molar-refractivity contribution in [1.29, 1.82) is 5.26 Å². The van der Waals surface area contributed by atoms with Gasteiger partial charge in [0.1, 0.15) is 5.78 Å². The molecule has 1 aromatic carbocycles. The predicted molar refractivity (Wildman–Crippen MR) is 101 cm³/mol. The Hall–Kier alpha value is -1.93. The van der Waals surface area contributed by atoms with Crippen molar-refractivity contribution in [3.05, 3.63) is 29.3 Å². The predicted octanol–water partition coefficient (Wildman–Crippen LogP) is 4.09. The number of carbonyl (C=O) groups excluding carboxylic acids is 1. The molecule has 1 rings (SSSR count). The van der Waals surface area contributed by atoms with Crippen molar-refractivity contribution >= 4 is 28.8 Å². The molecule has 4 nitrogen and oxygen atoms in total. The molecular weight excluding hydrogens is 306 g/mol. The van der Waals surface area contributed by atoms with Crippen molar-refractivity contribution in [3.63, 3.8) is 0 Å². The minimum Gasteiger partial charge on any atom is -0.355 e. The monoisotopic (exact) mass is 333 g/mol. The third-order valence-corrected chi connectivity index (χ3v) is 3.60. The van der Waals surface area contributed by atoms with Gasteiger partial charge in [-0.05, 0) is 62.2 Å². The average molecular weight is 334 g/mol. The third kappa shape index (κ3) is 9.64. The molecule has 0 bridgehead atoms. The standard InChI is InChI=1S/C15H22N2OS.C3H5N/c1-11-10-14(16-15(19)17(3)4)9-8-13(11)7-5-6-12(2)18;1-2-3-4/h8-10H,5-7H2,1-4H3,(H,16,19);2H2,1H3. The number of rotatable bonds is 5. The van der Waals surface area contributed by atoms with Gasteiger partial charge in [0.2, 0.25) is 0 Å². The summed E-state index contributed by atoms with van der Waals surface area (Å²) in [5, 5.41) is 11.5. The van der Waals surface area contributed by atoms with E-state index >= 15 is 0 Å². The maximum atomic E-state index is 10.9. The maximum absolute atomic E-state index is 10.9. The van der Waals surface area contributed by atoms with Gasteiger partial charge in [-0.2, -0.15) is 5.26 Å². The van der Waals surface area contributed by atoms with Crippen molar-refractivity contribution < 1.29 is 4.79 Å². The lowest BCUT2D eigenvalue weighted by Gasteiger charge is -2.16. The summed E-state index contributed by atoms with van der Waals surface area (Å²) < 4.78 is 0. The molecule has 1 aromatic rings. The molecule has 0 atom stereocenters. The fraction of sp³-hybridized carbons (Fsp3) is 0.500. The Balaban J connectivity index is 0.00000108. The first kappa shape index (κ1) is 21.1. The van der Waals surface area contributed by atoms with Crippen LogP contribution in [-0.4, -0.2) is 29.9 Å². The van der Waals surface area contributed by atoms with Crippen LogP contribution in [0.15, 0.2) is 18.2 Å². The Morgan fingerprint density at radius 3 is 2.43 bits per heavy atom. The number of anilines is 1. The Morgan fingerprint density at radius 1 is 1.39 bits per heavy atom. The van der Waals surface area contributed by atoms with E-state index in [9.17, 15) is 4.79 Å². The molecule has 126 valence electrons. The zero-order valence-corrected chi connectivity index (χ0v) is 15.6. The van der Waals surface area contributed by atoms with Crippen LogP contribution in [0.4, 0.5) is 5.69 Å². The molecule has 5 heteroatoms. The fourth-order valence-corrected chi connectivity index (χ4v) is 1.94. The van der Waals surface area contributed by atoms with Gasteiger partial charge in [0.15, 0.2) is 5.11 Å². The number of hydrogen-bond acceptors (Lipinski definition) is 3. The summed E-state index contributed by atoms with van der Waals surface area (Å²) in [5.74, 6) is 0.257. The summed E-state index contributed by atoms with van der Waals surface area (Å²) >= 11 is 5.21. The molecule has 0 saturated heterocycles. The Morgan fingerprint density at radius 2 is 2.00 bits per heavy atom. The molecule has 0 saturated carbocycles. The van der Waals surface area contributed by atoms with Crippen LogP contribution in [0, 0.1) is 18.3 Å². The van der Waals surface area contributed by atoms with E-state index in [2.05, 4.69) is 24.4 Å². The lowest BCUT2D eigenvalue weighted by Crippen LogP contribution is -2.27. The summed E-state index contributed by atoms with van der Waals surface area (Å²) in [6.45, 7) is 5.55. The number of thiocarbonyl (C=S) groups is 1. The van der Waals surface area contributed by atoms with E-state index in [-0.39, 0.29) is 5.78 Å². The molecule has 0 radical (unpaired) electrons. The van der Waals surface area contributed by atoms with Crippen LogP contribution < -0.4 is 5.32 Å². The first-order valence-corrected chi connectivity index (χ1v) is 8.16. The number of aryl methyl sites for hydroxylation is 2. The third-order valence-electron chi connectivity index (χ3n) is 3.13. The van der Waals surface area contributed by atoms with Gasteiger partial charge >= 0.3 is 0 Å². The van der Waals surface area contributed by atoms with Crippen molar-refractivity contribution in [2.45, 2.75) is 46.5 Å². The highest BCUT2D eigenvalue weighted by atomic mass is 32.1. The molecule has 0 aliphatic heterocycles. The largest absolute Gasteiger partial charge is 0.355 e. The zero-order chi connectivity index (χ0) is 17.8. The van der Waals surface area contributed by atoms with E-state index in [4.69, 9.17) is 17.5 Å². The van der Waals surface area contributed by atoms with Gasteiger partial charge in [-0.25, -0.2) is 0 Å². The van der Waals surface area contributed by atoms with Crippen LogP contribution in [0.3, 0.4) is 0 Å². The normalized spacial score (nSPS) is 9.22. The van der Waals surface area contributed by atoms with Crippen LogP contribution >= 0.6 is 12.2 Å². The van der Waals surface area contributed by atoms with Gasteiger partial charge in [0.25, 0.3) is 0 Å². The van der Waals surface area contributed by atoms with Crippen LogP contribution in [0.25, 0.3) is 0 Å². The molecule has 1 N–H and O–H groups in total. The van der Waals surface area contributed by atoms with Crippen LogP contribution in [0.1, 0.15) is 44.2 Å². The number of nitrogens with zero attached hydrogens (tertiary/aromatic N) is 2. The highest BCUT2D eigenvalue weighted by Gasteiger charge is 2.04. The Kier molecular flexibility index (Phi) is 10.6. The van der Waals surface area contributed by atoms with Crippen molar-refractivity contribution in [1.82, 2.24) is 4.90 Å². The smallest absolute Gasteiger partial charge is 0.172 e. The number of nitriles is 1. The summed E-state index contributed by atoms with van der Waals surface area (Å²) in [7, 11) is 3.83. The van der Waals surface area contributed by atoms with Crippen molar-refractivity contribution in [2.24, 2.45) is 0 Å². The summed E-state index contributed by atoms with van der Waals surface area (Å²) in [6, 6.07) is 8.17. The Labute approximate surface area is 145 Å². The first-order chi connectivity index (χ1) is 10.8. The molecule has 0 spiro atoms. The van der Waals surface area contributed by atoms with Gasteiger partial charge in [-0.15, -0.1) is 0 Å². The summed E-state index contributed by atoms with van der Waals surface area (Å²) in [5.41, 5.74) is 3.53. The number of carbonyl (C=O) groups is 1. The van der Waals surface area contributed by atoms with Gasteiger partial charge in [-0.1, -0.05) is 13.0 Å². The van der Waals surface area contributed by atoms with Crippen LogP contribution in [-0.2, 0) is 11.2 Å². The lowest BCUT2D eigenvalue weighted by molar-refractivity contribution is -0.117. The highest BCUT2D eigenvalue weighted by molar-refractivity contribution is 7.80. The number of nitrogens with one attached hydrogen (secondary N) is 1. The van der Waals surface area contributed by atoms with Gasteiger partial charge in [0.05, 0.1) is 6.07 Å². The fourth-order valence-electron chi connectivity index (χ4n) is 1.82. The Bertz CT molecular complexity index is 562. The van der Waals surface area contributed by atoms with E-state index in [1.165, 1.54) is 11.1 Å². The van der Waals surface area contributed by atoms with Gasteiger partial charge in [0, 0.05) is 32.6 Å². The van der Waals surface area contributed by atoms with E-state index in [0.29, 0.717) is 18.0 Å². The maximum Gasteiger partial charge on any atom is 0.172 e. The first-order valence-electron chi connectivity index (χ1n) is 7.76. The second-order valence-electron chi connectivity index (χ2n) is 5.53. The highest BCUT2D eigenvalue weighted by Crippen LogP contribution is 2.17. The number of benzene rings is 1. The summed E-state index contributed by atoms with van der Waals surface area (Å²) in [6.07, 6.45) is 3.15. The molecule has 0 amide bonds. The molecule has 0 aliphatic carbocycles. The minimum absolute atomic E-state index is 0.257. The van der Waals surface area contributed by atoms with Crippen LogP contribution in [0.2, 0.25) is 0 Å². The zero-order valence-electron chi connectivity index (χ0n) is 14.8. The second-order valence-corrected chi connectivity index (χ2v) is 5.92. The molecule has 0 fully saturated rings. The van der Waals surface area contributed by atoms with E-state index in [1.807, 2.05) is 38.1 Å². The quantitative estimate of drug-likeness (QED) is 0.823. The van der Waals surface area contributed by atoms with Gasteiger partial charge < -0.3 is 15.0 Å². The van der Waals surface area contributed by atoms with Crippen molar-refractivity contribution in [3.8, 4) is 6.07 Å². The molecule has 23 heavy (non-hydrogen) atoms. The van der Waals surface area contributed by atoms with Gasteiger partial charge in [-0.3, -0.25) is 0 Å².